The van der Waals surface area contributed by atoms with Crippen LogP contribution in [0.4, 0.5) is 0 Å². The molecule has 23 heavy (non-hydrogen) atoms. The van der Waals surface area contributed by atoms with Crippen LogP contribution in [-0.4, -0.2) is 52.1 Å². The highest BCUT2D eigenvalue weighted by molar-refractivity contribution is 7.09. The predicted molar refractivity (Wildman–Crippen MR) is 92.3 cm³/mol. The minimum absolute atomic E-state index is 0.298. The van der Waals surface area contributed by atoms with E-state index in [9.17, 15) is 4.79 Å². The lowest BCUT2D eigenvalue weighted by Gasteiger charge is -2.21. The van der Waals surface area contributed by atoms with E-state index in [1.165, 1.54) is 10.4 Å². The summed E-state index contributed by atoms with van der Waals surface area (Å²) in [4.78, 5) is 18.3. The highest BCUT2D eigenvalue weighted by Gasteiger charge is 2.19. The Morgan fingerprint density at radius 2 is 2.26 bits per heavy atom. The third kappa shape index (κ3) is 4.91. The summed E-state index contributed by atoms with van der Waals surface area (Å²) in [5, 5.41) is 8.88. The molecular formula is C17H24N4OS. The number of aromatic amines is 1. The summed E-state index contributed by atoms with van der Waals surface area (Å²) in [5.74, 6) is 0.298. The van der Waals surface area contributed by atoms with Crippen LogP contribution in [0.1, 0.15) is 29.7 Å². The number of hydrogen-bond acceptors (Lipinski definition) is 4. The van der Waals surface area contributed by atoms with Crippen molar-refractivity contribution in [3.8, 4) is 0 Å². The average Bonchev–Trinajstić information content (AvgIpc) is 3.19. The second kappa shape index (κ2) is 8.26. The summed E-state index contributed by atoms with van der Waals surface area (Å²) in [6.45, 7) is 4.82. The SMILES string of the molecule is O=C(CCCc1cn[nH]c1)N1CCCN(Cc2cccs2)CC1. The number of thiophene rings is 1. The van der Waals surface area contributed by atoms with E-state index in [0.29, 0.717) is 12.3 Å². The second-order valence-electron chi connectivity index (χ2n) is 6.05. The molecule has 1 aliphatic heterocycles. The van der Waals surface area contributed by atoms with Gasteiger partial charge < -0.3 is 4.90 Å². The van der Waals surface area contributed by atoms with Crippen LogP contribution >= 0.6 is 11.3 Å². The van der Waals surface area contributed by atoms with Gasteiger partial charge in [-0.25, -0.2) is 0 Å². The van der Waals surface area contributed by atoms with Gasteiger partial charge in [-0.1, -0.05) is 6.07 Å². The summed E-state index contributed by atoms with van der Waals surface area (Å²) in [6.07, 6.45) is 7.25. The first-order valence-corrected chi connectivity index (χ1v) is 9.19. The van der Waals surface area contributed by atoms with Gasteiger partial charge in [-0.05, 0) is 36.3 Å². The molecule has 3 heterocycles. The summed E-state index contributed by atoms with van der Waals surface area (Å²) >= 11 is 1.81. The lowest BCUT2D eigenvalue weighted by molar-refractivity contribution is -0.131. The maximum Gasteiger partial charge on any atom is 0.222 e. The van der Waals surface area contributed by atoms with Crippen LogP contribution < -0.4 is 0 Å². The van der Waals surface area contributed by atoms with Crippen molar-refractivity contribution in [3.63, 3.8) is 0 Å². The van der Waals surface area contributed by atoms with Crippen LogP contribution in [0, 0.1) is 0 Å². The Hall–Kier alpha value is -1.66. The van der Waals surface area contributed by atoms with Crippen LogP contribution in [0.15, 0.2) is 29.9 Å². The molecule has 0 atom stereocenters. The number of amides is 1. The Balaban J connectivity index is 1.41. The zero-order chi connectivity index (χ0) is 15.9. The zero-order valence-electron chi connectivity index (χ0n) is 13.4. The van der Waals surface area contributed by atoms with E-state index in [2.05, 4.69) is 32.6 Å². The summed E-state index contributed by atoms with van der Waals surface area (Å²) in [6, 6.07) is 4.29. The fourth-order valence-electron chi connectivity index (χ4n) is 3.02. The Morgan fingerprint density at radius 1 is 1.30 bits per heavy atom. The number of hydrogen-bond donors (Lipinski definition) is 1. The van der Waals surface area contributed by atoms with E-state index in [1.54, 1.807) is 0 Å². The van der Waals surface area contributed by atoms with Crippen LogP contribution in [0.5, 0.6) is 0 Å². The fourth-order valence-corrected chi connectivity index (χ4v) is 3.76. The molecule has 0 saturated carbocycles. The van der Waals surface area contributed by atoms with Gasteiger partial charge in [-0.15, -0.1) is 11.3 Å². The molecule has 2 aromatic rings. The Bertz CT molecular complexity index is 582. The summed E-state index contributed by atoms with van der Waals surface area (Å²) in [5.41, 5.74) is 1.18. The molecule has 1 N–H and O–H groups in total. The standard InChI is InChI=1S/C17H24N4OS/c22-17(6-1-4-15-12-18-19-13-15)21-8-3-7-20(9-10-21)14-16-5-2-11-23-16/h2,5,11-13H,1,3-4,6-10,14H2,(H,18,19). The number of H-pyrrole nitrogens is 1. The van der Waals surface area contributed by atoms with E-state index < -0.39 is 0 Å². The van der Waals surface area contributed by atoms with E-state index in [1.807, 2.05) is 28.6 Å². The quantitative estimate of drug-likeness (QED) is 0.884. The Labute approximate surface area is 141 Å². The number of carbonyl (C=O) groups excluding carboxylic acids is 1. The number of rotatable bonds is 6. The van der Waals surface area contributed by atoms with Crippen molar-refractivity contribution in [2.45, 2.75) is 32.2 Å². The third-order valence-electron chi connectivity index (χ3n) is 4.31. The molecule has 1 aliphatic rings. The zero-order valence-corrected chi connectivity index (χ0v) is 14.2. The molecule has 6 heteroatoms. The molecule has 124 valence electrons. The molecule has 0 aromatic carbocycles. The minimum atomic E-state index is 0.298. The first-order valence-electron chi connectivity index (χ1n) is 8.31. The van der Waals surface area contributed by atoms with Crippen molar-refractivity contribution in [2.75, 3.05) is 26.2 Å². The monoisotopic (exact) mass is 332 g/mol. The molecule has 1 amide bonds. The molecule has 5 nitrogen and oxygen atoms in total. The van der Waals surface area contributed by atoms with Crippen molar-refractivity contribution in [2.24, 2.45) is 0 Å². The normalized spacial score (nSPS) is 16.4. The number of aromatic nitrogens is 2. The maximum atomic E-state index is 12.4. The molecule has 1 saturated heterocycles. The summed E-state index contributed by atoms with van der Waals surface area (Å²) in [7, 11) is 0. The van der Waals surface area contributed by atoms with Crippen molar-refractivity contribution in [1.82, 2.24) is 20.0 Å². The number of nitrogens with one attached hydrogen (secondary N) is 1. The summed E-state index contributed by atoms with van der Waals surface area (Å²) < 4.78 is 0. The Kier molecular flexibility index (Phi) is 5.82. The molecule has 1 fully saturated rings. The van der Waals surface area contributed by atoms with Gasteiger partial charge in [0.2, 0.25) is 5.91 Å². The number of carbonyl (C=O) groups is 1. The van der Waals surface area contributed by atoms with E-state index in [4.69, 9.17) is 0 Å². The van der Waals surface area contributed by atoms with Crippen molar-refractivity contribution < 1.29 is 4.79 Å². The second-order valence-corrected chi connectivity index (χ2v) is 7.08. The first kappa shape index (κ1) is 16.2. The number of nitrogens with zero attached hydrogens (tertiary/aromatic N) is 3. The van der Waals surface area contributed by atoms with Gasteiger partial charge in [0.25, 0.3) is 0 Å². The van der Waals surface area contributed by atoms with Crippen LogP contribution in [0.2, 0.25) is 0 Å². The minimum Gasteiger partial charge on any atom is -0.341 e. The van der Waals surface area contributed by atoms with Gasteiger partial charge in [-0.2, -0.15) is 5.10 Å². The van der Waals surface area contributed by atoms with Gasteiger partial charge in [0.05, 0.1) is 6.20 Å². The van der Waals surface area contributed by atoms with Gasteiger partial charge >= 0.3 is 0 Å². The van der Waals surface area contributed by atoms with Crippen molar-refractivity contribution in [1.29, 1.82) is 0 Å². The number of aryl methyl sites for hydroxylation is 1. The topological polar surface area (TPSA) is 52.2 Å². The predicted octanol–water partition coefficient (Wildman–Crippen LogP) is 2.53. The van der Waals surface area contributed by atoms with Crippen molar-refractivity contribution >= 4 is 17.2 Å². The molecule has 0 spiro atoms. The third-order valence-corrected chi connectivity index (χ3v) is 5.17. The molecule has 0 bridgehead atoms. The van der Waals surface area contributed by atoms with Crippen molar-refractivity contribution in [3.05, 3.63) is 40.3 Å². The van der Waals surface area contributed by atoms with Crippen LogP contribution in [0.25, 0.3) is 0 Å². The smallest absolute Gasteiger partial charge is 0.222 e. The highest BCUT2D eigenvalue weighted by atomic mass is 32.1. The molecule has 0 unspecified atom stereocenters. The van der Waals surface area contributed by atoms with Gasteiger partial charge in [0, 0.05) is 50.2 Å². The van der Waals surface area contributed by atoms with Crippen LogP contribution in [0.3, 0.4) is 0 Å². The van der Waals surface area contributed by atoms with Gasteiger partial charge in [-0.3, -0.25) is 14.8 Å². The fraction of sp³-hybridized carbons (Fsp3) is 0.529. The van der Waals surface area contributed by atoms with E-state index >= 15 is 0 Å². The maximum absolute atomic E-state index is 12.4. The largest absolute Gasteiger partial charge is 0.341 e. The average molecular weight is 332 g/mol. The van der Waals surface area contributed by atoms with Crippen LogP contribution in [-0.2, 0) is 17.8 Å². The first-order chi connectivity index (χ1) is 11.3. The van der Waals surface area contributed by atoms with E-state index in [0.717, 1.165) is 52.0 Å². The van der Waals surface area contributed by atoms with E-state index in [-0.39, 0.29) is 0 Å². The molecule has 3 rings (SSSR count). The lowest BCUT2D eigenvalue weighted by atomic mass is 10.1. The molecule has 2 aromatic heterocycles. The highest BCUT2D eigenvalue weighted by Crippen LogP contribution is 2.14. The Morgan fingerprint density at radius 3 is 3.04 bits per heavy atom. The molecule has 0 radical (unpaired) electrons. The lowest BCUT2D eigenvalue weighted by Crippen LogP contribution is -2.34. The molecular weight excluding hydrogens is 308 g/mol. The van der Waals surface area contributed by atoms with Gasteiger partial charge in [0.15, 0.2) is 0 Å². The molecule has 0 aliphatic carbocycles. The van der Waals surface area contributed by atoms with Gasteiger partial charge in [0.1, 0.15) is 0 Å².